The molecule has 0 aliphatic rings. The van der Waals surface area contributed by atoms with E-state index in [1.165, 1.54) is 30.1 Å². The van der Waals surface area contributed by atoms with Gasteiger partial charge in [0.25, 0.3) is 5.91 Å². The van der Waals surface area contributed by atoms with Crippen LogP contribution in [0.2, 0.25) is 5.02 Å². The van der Waals surface area contributed by atoms with Gasteiger partial charge in [-0.1, -0.05) is 17.7 Å². The van der Waals surface area contributed by atoms with Gasteiger partial charge in [0.05, 0.1) is 22.2 Å². The van der Waals surface area contributed by atoms with Crippen LogP contribution in [0.5, 0.6) is 0 Å². The maximum Gasteiger partial charge on any atom is 0.262 e. The van der Waals surface area contributed by atoms with E-state index < -0.39 is 11.7 Å². The molecule has 3 nitrogen and oxygen atoms in total. The van der Waals surface area contributed by atoms with Crippen LogP contribution in [0.25, 0.3) is 0 Å². The van der Waals surface area contributed by atoms with Crippen LogP contribution in [0.1, 0.15) is 15.9 Å². The summed E-state index contributed by atoms with van der Waals surface area (Å²) in [7, 11) is 1.52. The predicted octanol–water partition coefficient (Wildman–Crippen LogP) is 3.63. The highest BCUT2D eigenvalue weighted by Crippen LogP contribution is 2.23. The SMILES string of the molecule is CN(C(=O)c1c(F)cccc1Cl)c1ccc(C#N)cc1. The Kier molecular flexibility index (Phi) is 4.02. The lowest BCUT2D eigenvalue weighted by Crippen LogP contribution is -2.27. The molecule has 20 heavy (non-hydrogen) atoms. The van der Waals surface area contributed by atoms with Crippen LogP contribution < -0.4 is 4.90 Å². The van der Waals surface area contributed by atoms with Crippen LogP contribution in [0, 0.1) is 17.1 Å². The third-order valence-corrected chi connectivity index (χ3v) is 3.18. The monoisotopic (exact) mass is 288 g/mol. The summed E-state index contributed by atoms with van der Waals surface area (Å²) < 4.78 is 13.7. The molecule has 5 heteroatoms. The molecule has 0 aliphatic carbocycles. The zero-order valence-electron chi connectivity index (χ0n) is 10.6. The molecule has 0 aliphatic heterocycles. The molecular weight excluding hydrogens is 279 g/mol. The summed E-state index contributed by atoms with van der Waals surface area (Å²) >= 11 is 5.87. The van der Waals surface area contributed by atoms with Gasteiger partial charge >= 0.3 is 0 Å². The van der Waals surface area contributed by atoms with Gasteiger partial charge in [0.1, 0.15) is 5.82 Å². The van der Waals surface area contributed by atoms with Gasteiger partial charge in [-0.15, -0.1) is 0 Å². The molecule has 1 amide bonds. The molecule has 0 spiro atoms. The van der Waals surface area contributed by atoms with Crippen molar-refractivity contribution in [1.29, 1.82) is 5.26 Å². The van der Waals surface area contributed by atoms with Crippen LogP contribution in [-0.4, -0.2) is 13.0 Å². The van der Waals surface area contributed by atoms with Crippen molar-refractivity contribution in [3.63, 3.8) is 0 Å². The minimum Gasteiger partial charge on any atom is -0.311 e. The van der Waals surface area contributed by atoms with Crippen LogP contribution >= 0.6 is 11.6 Å². The fraction of sp³-hybridized carbons (Fsp3) is 0.0667. The smallest absolute Gasteiger partial charge is 0.262 e. The number of carbonyl (C=O) groups is 1. The Morgan fingerprint density at radius 1 is 1.25 bits per heavy atom. The first kappa shape index (κ1) is 14.0. The minimum atomic E-state index is -0.664. The van der Waals surface area contributed by atoms with Crippen molar-refractivity contribution in [3.05, 3.63) is 64.4 Å². The van der Waals surface area contributed by atoms with Crippen LogP contribution in [-0.2, 0) is 0 Å². The highest BCUT2D eigenvalue weighted by atomic mass is 35.5. The Balaban J connectivity index is 2.35. The molecule has 100 valence electrons. The van der Waals surface area contributed by atoms with Gasteiger partial charge < -0.3 is 4.90 Å². The second kappa shape index (κ2) is 5.72. The number of rotatable bonds is 2. The Hall–Kier alpha value is -2.38. The second-order valence-corrected chi connectivity index (χ2v) is 4.53. The van der Waals surface area contributed by atoms with Crippen molar-refractivity contribution in [2.45, 2.75) is 0 Å². The standard InChI is InChI=1S/C15H10ClFN2O/c1-19(11-7-5-10(9-18)6-8-11)15(20)14-12(16)3-2-4-13(14)17/h2-8H,1H3. The molecule has 2 rings (SSSR count). The van der Waals surface area contributed by atoms with E-state index >= 15 is 0 Å². The third kappa shape index (κ3) is 2.63. The number of benzene rings is 2. The molecule has 0 aromatic heterocycles. The summed E-state index contributed by atoms with van der Waals surface area (Å²) in [6.07, 6.45) is 0. The van der Waals surface area contributed by atoms with E-state index in [1.54, 1.807) is 24.3 Å². The van der Waals surface area contributed by atoms with Gasteiger partial charge in [0.2, 0.25) is 0 Å². The zero-order valence-corrected chi connectivity index (χ0v) is 11.4. The first-order chi connectivity index (χ1) is 9.54. The molecule has 0 saturated carbocycles. The normalized spacial score (nSPS) is 9.90. The summed E-state index contributed by atoms with van der Waals surface area (Å²) in [5, 5.41) is 8.79. The first-order valence-corrected chi connectivity index (χ1v) is 6.14. The maximum absolute atomic E-state index is 13.7. The van der Waals surface area contributed by atoms with Crippen molar-refractivity contribution < 1.29 is 9.18 Å². The average Bonchev–Trinajstić information content (AvgIpc) is 2.46. The molecule has 0 atom stereocenters. The number of nitriles is 1. The van der Waals surface area contributed by atoms with Crippen molar-refractivity contribution in [3.8, 4) is 6.07 Å². The van der Waals surface area contributed by atoms with Crippen molar-refractivity contribution in [2.24, 2.45) is 0 Å². The summed E-state index contributed by atoms with van der Waals surface area (Å²) in [6.45, 7) is 0. The molecule has 0 saturated heterocycles. The van der Waals surface area contributed by atoms with Gasteiger partial charge in [0.15, 0.2) is 0 Å². The summed E-state index contributed by atoms with van der Waals surface area (Å²) in [4.78, 5) is 13.6. The van der Waals surface area contributed by atoms with Gasteiger partial charge in [-0.2, -0.15) is 5.26 Å². The second-order valence-electron chi connectivity index (χ2n) is 4.12. The minimum absolute atomic E-state index is 0.0653. The number of anilines is 1. The zero-order chi connectivity index (χ0) is 14.7. The molecule has 0 radical (unpaired) electrons. The first-order valence-electron chi connectivity index (χ1n) is 5.77. The molecular formula is C15H10ClFN2O. The number of hydrogen-bond donors (Lipinski definition) is 0. The number of carbonyl (C=O) groups excluding carboxylic acids is 1. The Labute approximate surface area is 120 Å². The van der Waals surface area contributed by atoms with Gasteiger partial charge in [-0.3, -0.25) is 4.79 Å². The molecule has 0 bridgehead atoms. The van der Waals surface area contributed by atoms with Gasteiger partial charge in [0, 0.05) is 12.7 Å². The topological polar surface area (TPSA) is 44.1 Å². The molecule has 0 heterocycles. The molecule has 0 fully saturated rings. The van der Waals surface area contributed by atoms with Crippen molar-refractivity contribution in [2.75, 3.05) is 11.9 Å². The van der Waals surface area contributed by atoms with E-state index in [9.17, 15) is 9.18 Å². The van der Waals surface area contributed by atoms with E-state index in [2.05, 4.69) is 0 Å². The summed E-state index contributed by atoms with van der Waals surface area (Å²) in [5.41, 5.74) is 0.868. The molecule has 0 unspecified atom stereocenters. The van der Waals surface area contributed by atoms with E-state index in [1.807, 2.05) is 6.07 Å². The number of hydrogen-bond acceptors (Lipinski definition) is 2. The summed E-state index contributed by atoms with van der Waals surface area (Å²) in [5.74, 6) is -1.21. The molecule has 2 aromatic rings. The lowest BCUT2D eigenvalue weighted by Gasteiger charge is -2.18. The fourth-order valence-corrected chi connectivity index (χ4v) is 1.99. The highest BCUT2D eigenvalue weighted by Gasteiger charge is 2.20. The van der Waals surface area contributed by atoms with E-state index in [0.717, 1.165) is 0 Å². The third-order valence-electron chi connectivity index (χ3n) is 2.86. The number of nitrogens with zero attached hydrogens (tertiary/aromatic N) is 2. The van der Waals surface area contributed by atoms with Gasteiger partial charge in [-0.05, 0) is 36.4 Å². The van der Waals surface area contributed by atoms with Crippen molar-refractivity contribution >= 4 is 23.2 Å². The highest BCUT2D eigenvalue weighted by molar-refractivity contribution is 6.34. The number of amides is 1. The van der Waals surface area contributed by atoms with E-state index in [0.29, 0.717) is 11.3 Å². The lowest BCUT2D eigenvalue weighted by molar-refractivity contribution is 0.0989. The predicted molar refractivity (Wildman–Crippen MR) is 75.3 cm³/mol. The van der Waals surface area contributed by atoms with Crippen molar-refractivity contribution in [1.82, 2.24) is 0 Å². The Bertz CT molecular complexity index is 672. The van der Waals surface area contributed by atoms with Crippen LogP contribution in [0.4, 0.5) is 10.1 Å². The Morgan fingerprint density at radius 3 is 2.45 bits per heavy atom. The largest absolute Gasteiger partial charge is 0.311 e. The average molecular weight is 289 g/mol. The number of halogens is 2. The lowest BCUT2D eigenvalue weighted by atomic mass is 10.1. The summed E-state index contributed by atoms with van der Waals surface area (Å²) in [6, 6.07) is 12.5. The maximum atomic E-state index is 13.7. The molecule has 0 N–H and O–H groups in total. The quantitative estimate of drug-likeness (QED) is 0.847. The van der Waals surface area contributed by atoms with Crippen LogP contribution in [0.3, 0.4) is 0 Å². The fourth-order valence-electron chi connectivity index (χ4n) is 1.75. The van der Waals surface area contributed by atoms with E-state index in [-0.39, 0.29) is 10.6 Å². The van der Waals surface area contributed by atoms with Gasteiger partial charge in [-0.25, -0.2) is 4.39 Å². The molecule has 2 aromatic carbocycles. The van der Waals surface area contributed by atoms with Crippen LogP contribution in [0.15, 0.2) is 42.5 Å². The Morgan fingerprint density at radius 2 is 1.90 bits per heavy atom. The van der Waals surface area contributed by atoms with E-state index in [4.69, 9.17) is 16.9 Å².